The van der Waals surface area contributed by atoms with Crippen LogP contribution in [0.25, 0.3) is 0 Å². The highest BCUT2D eigenvalue weighted by Gasteiger charge is 2.29. The summed E-state index contributed by atoms with van der Waals surface area (Å²) in [4.78, 5) is 4.01. The van der Waals surface area contributed by atoms with Crippen LogP contribution in [-0.4, -0.2) is 36.3 Å². The van der Waals surface area contributed by atoms with Crippen molar-refractivity contribution in [1.29, 1.82) is 0 Å². The van der Waals surface area contributed by atoms with Gasteiger partial charge in [0.1, 0.15) is 0 Å². The molecule has 0 unspecified atom stereocenters. The number of ether oxygens (including phenoxy) is 1. The van der Waals surface area contributed by atoms with E-state index in [1.165, 1.54) is 0 Å². The van der Waals surface area contributed by atoms with Crippen molar-refractivity contribution < 1.29 is 9.84 Å². The third-order valence-corrected chi connectivity index (χ3v) is 2.05. The number of hydrogen-bond donors (Lipinski definition) is 2. The standard InChI is InChI=1S/C8H16N2O2/c1-7(9)10-6-8(11)2-4-12-5-3-8/h11H,2-6H2,1H3,(H2,9,10). The molecule has 0 spiro atoms. The van der Waals surface area contributed by atoms with E-state index in [0.717, 1.165) is 0 Å². The molecule has 0 amide bonds. The van der Waals surface area contributed by atoms with Crippen molar-refractivity contribution in [2.24, 2.45) is 10.7 Å². The van der Waals surface area contributed by atoms with Gasteiger partial charge in [0, 0.05) is 26.1 Å². The Bertz CT molecular complexity index is 170. The predicted octanol–water partition coefficient (Wildman–Crippen LogP) is -0.0950. The molecular formula is C8H16N2O2. The maximum atomic E-state index is 9.88. The molecule has 1 fully saturated rings. The van der Waals surface area contributed by atoms with Crippen LogP contribution in [0.4, 0.5) is 0 Å². The lowest BCUT2D eigenvalue weighted by Gasteiger charge is -2.30. The van der Waals surface area contributed by atoms with Crippen molar-refractivity contribution in [1.82, 2.24) is 0 Å². The summed E-state index contributed by atoms with van der Waals surface area (Å²) in [5, 5.41) is 9.88. The van der Waals surface area contributed by atoms with E-state index in [1.54, 1.807) is 6.92 Å². The fraction of sp³-hybridized carbons (Fsp3) is 0.875. The van der Waals surface area contributed by atoms with Gasteiger partial charge in [-0.05, 0) is 6.92 Å². The second kappa shape index (κ2) is 3.87. The Morgan fingerprint density at radius 2 is 2.17 bits per heavy atom. The average molecular weight is 172 g/mol. The Labute approximate surface area is 72.4 Å². The molecule has 0 radical (unpaired) electrons. The van der Waals surface area contributed by atoms with Gasteiger partial charge >= 0.3 is 0 Å². The zero-order valence-electron chi connectivity index (χ0n) is 7.42. The number of nitrogens with zero attached hydrogens (tertiary/aromatic N) is 1. The van der Waals surface area contributed by atoms with Crippen molar-refractivity contribution in [2.75, 3.05) is 19.8 Å². The minimum atomic E-state index is -0.682. The van der Waals surface area contributed by atoms with Crippen LogP contribution in [0.15, 0.2) is 4.99 Å². The fourth-order valence-corrected chi connectivity index (χ4v) is 1.18. The highest BCUT2D eigenvalue weighted by molar-refractivity contribution is 5.77. The van der Waals surface area contributed by atoms with Gasteiger partial charge in [-0.15, -0.1) is 0 Å². The normalized spacial score (nSPS) is 24.0. The van der Waals surface area contributed by atoms with Crippen LogP contribution in [0, 0.1) is 0 Å². The Kier molecular flexibility index (Phi) is 3.05. The lowest BCUT2D eigenvalue weighted by molar-refractivity contribution is -0.0565. The van der Waals surface area contributed by atoms with E-state index in [0.29, 0.717) is 38.4 Å². The first-order valence-electron chi connectivity index (χ1n) is 4.19. The number of hydrogen-bond acceptors (Lipinski definition) is 3. The molecule has 0 aliphatic carbocycles. The van der Waals surface area contributed by atoms with E-state index in [1.807, 2.05) is 0 Å². The van der Waals surface area contributed by atoms with Gasteiger partial charge < -0.3 is 15.6 Å². The number of amidine groups is 1. The summed E-state index contributed by atoms with van der Waals surface area (Å²) in [5.74, 6) is 0.523. The fourth-order valence-electron chi connectivity index (χ4n) is 1.18. The van der Waals surface area contributed by atoms with Crippen molar-refractivity contribution in [3.05, 3.63) is 0 Å². The second-order valence-electron chi connectivity index (χ2n) is 3.29. The third kappa shape index (κ3) is 2.79. The molecule has 0 aromatic carbocycles. The molecule has 1 rings (SSSR count). The largest absolute Gasteiger partial charge is 0.388 e. The summed E-state index contributed by atoms with van der Waals surface area (Å²) in [6.07, 6.45) is 1.31. The van der Waals surface area contributed by atoms with Crippen molar-refractivity contribution in [3.63, 3.8) is 0 Å². The molecule has 0 aromatic heterocycles. The van der Waals surface area contributed by atoms with E-state index >= 15 is 0 Å². The van der Waals surface area contributed by atoms with Crippen LogP contribution < -0.4 is 5.73 Å². The van der Waals surface area contributed by atoms with E-state index in [-0.39, 0.29) is 0 Å². The summed E-state index contributed by atoms with van der Waals surface area (Å²) in [6, 6.07) is 0. The second-order valence-corrected chi connectivity index (χ2v) is 3.29. The van der Waals surface area contributed by atoms with Gasteiger partial charge in [-0.2, -0.15) is 0 Å². The van der Waals surface area contributed by atoms with Gasteiger partial charge in [-0.1, -0.05) is 0 Å². The lowest BCUT2D eigenvalue weighted by atomic mass is 9.95. The van der Waals surface area contributed by atoms with Crippen LogP contribution in [0.2, 0.25) is 0 Å². The van der Waals surface area contributed by atoms with E-state index in [9.17, 15) is 5.11 Å². The summed E-state index contributed by atoms with van der Waals surface area (Å²) in [5.41, 5.74) is 4.69. The summed E-state index contributed by atoms with van der Waals surface area (Å²) in [6.45, 7) is 3.37. The third-order valence-electron chi connectivity index (χ3n) is 2.05. The highest BCUT2D eigenvalue weighted by Crippen LogP contribution is 2.20. The van der Waals surface area contributed by atoms with Gasteiger partial charge in [0.15, 0.2) is 0 Å². The minimum absolute atomic E-state index is 0.401. The first-order valence-corrected chi connectivity index (χ1v) is 4.19. The van der Waals surface area contributed by atoms with Gasteiger partial charge in [-0.25, -0.2) is 0 Å². The van der Waals surface area contributed by atoms with Crippen molar-refractivity contribution in [3.8, 4) is 0 Å². The maximum Gasteiger partial charge on any atom is 0.0906 e. The number of rotatable bonds is 2. The quantitative estimate of drug-likeness (QED) is 0.451. The van der Waals surface area contributed by atoms with Gasteiger partial charge in [-0.3, -0.25) is 4.99 Å². The lowest BCUT2D eigenvalue weighted by Crippen LogP contribution is -2.39. The molecule has 0 aromatic rings. The molecule has 0 saturated carbocycles. The molecule has 0 atom stereocenters. The minimum Gasteiger partial charge on any atom is -0.388 e. The van der Waals surface area contributed by atoms with Gasteiger partial charge in [0.2, 0.25) is 0 Å². The van der Waals surface area contributed by atoms with Crippen molar-refractivity contribution >= 4 is 5.84 Å². The predicted molar refractivity (Wildman–Crippen MR) is 47.2 cm³/mol. The topological polar surface area (TPSA) is 67.8 Å². The molecule has 1 saturated heterocycles. The molecule has 70 valence electrons. The molecule has 12 heavy (non-hydrogen) atoms. The summed E-state index contributed by atoms with van der Waals surface area (Å²) < 4.78 is 5.13. The number of aliphatic hydroxyl groups is 1. The van der Waals surface area contributed by atoms with Crippen LogP contribution in [0.1, 0.15) is 19.8 Å². The summed E-state index contributed by atoms with van der Waals surface area (Å²) in [7, 11) is 0. The van der Waals surface area contributed by atoms with Gasteiger partial charge in [0.05, 0.1) is 18.0 Å². The highest BCUT2D eigenvalue weighted by atomic mass is 16.5. The molecule has 1 heterocycles. The average Bonchev–Trinajstić information content (AvgIpc) is 2.03. The van der Waals surface area contributed by atoms with Crippen LogP contribution in [0.5, 0.6) is 0 Å². The number of aliphatic imine (C=N–C) groups is 1. The van der Waals surface area contributed by atoms with E-state index in [4.69, 9.17) is 10.5 Å². The SMILES string of the molecule is CC(N)=NCC1(O)CCOCC1. The first kappa shape index (κ1) is 9.48. The molecule has 4 heteroatoms. The van der Waals surface area contributed by atoms with Crippen LogP contribution in [0.3, 0.4) is 0 Å². The van der Waals surface area contributed by atoms with Crippen molar-refractivity contribution in [2.45, 2.75) is 25.4 Å². The molecular weight excluding hydrogens is 156 g/mol. The maximum absolute atomic E-state index is 9.88. The first-order chi connectivity index (χ1) is 5.62. The Morgan fingerprint density at radius 1 is 1.58 bits per heavy atom. The Morgan fingerprint density at radius 3 is 2.67 bits per heavy atom. The van der Waals surface area contributed by atoms with Gasteiger partial charge in [0.25, 0.3) is 0 Å². The molecule has 4 nitrogen and oxygen atoms in total. The Hall–Kier alpha value is -0.610. The monoisotopic (exact) mass is 172 g/mol. The van der Waals surface area contributed by atoms with Crippen LogP contribution in [-0.2, 0) is 4.74 Å². The smallest absolute Gasteiger partial charge is 0.0906 e. The Balaban J connectivity index is 2.41. The van der Waals surface area contributed by atoms with Crippen LogP contribution >= 0.6 is 0 Å². The number of nitrogens with two attached hydrogens (primary N) is 1. The zero-order chi connectivity index (χ0) is 9.03. The van der Waals surface area contributed by atoms with E-state index in [2.05, 4.69) is 4.99 Å². The molecule has 0 bridgehead atoms. The van der Waals surface area contributed by atoms with E-state index < -0.39 is 5.60 Å². The zero-order valence-corrected chi connectivity index (χ0v) is 7.42. The molecule has 3 N–H and O–H groups in total. The summed E-state index contributed by atoms with van der Waals surface area (Å²) >= 11 is 0. The molecule has 1 aliphatic rings. The molecule has 1 aliphatic heterocycles.